The van der Waals surface area contributed by atoms with E-state index in [0.29, 0.717) is 0 Å². The van der Waals surface area contributed by atoms with Crippen LogP contribution in [0.15, 0.2) is 0 Å². The minimum atomic E-state index is -0.244. The molecule has 0 aromatic rings. The molecular formula is C13H26N2O2. The molecule has 0 atom stereocenters. The van der Waals surface area contributed by atoms with Gasteiger partial charge in [-0.15, -0.1) is 0 Å². The second kappa shape index (κ2) is 6.36. The van der Waals surface area contributed by atoms with Crippen LogP contribution in [0.3, 0.4) is 0 Å². The average molecular weight is 242 g/mol. The van der Waals surface area contributed by atoms with Crippen molar-refractivity contribution in [3.05, 3.63) is 0 Å². The summed E-state index contributed by atoms with van der Waals surface area (Å²) in [6, 6.07) is 0. The number of carbonyl (C=O) groups excluding carboxylic acids is 1. The SMILES string of the molecule is CCC(C)(C)C(=O)N1CCCN(CCO)CC1. The molecule has 1 aliphatic heterocycles. The number of carbonyl (C=O) groups is 1. The van der Waals surface area contributed by atoms with E-state index in [1.807, 2.05) is 18.7 Å². The van der Waals surface area contributed by atoms with Crippen LogP contribution in [0.2, 0.25) is 0 Å². The van der Waals surface area contributed by atoms with Gasteiger partial charge < -0.3 is 10.0 Å². The Balaban J connectivity index is 2.54. The number of β-amino-alcohol motifs (C(OH)–C–C–N with tert-alkyl or cyclic N) is 1. The average Bonchev–Trinajstić information content (AvgIpc) is 2.54. The van der Waals surface area contributed by atoms with Gasteiger partial charge in [-0.3, -0.25) is 9.69 Å². The maximum atomic E-state index is 12.3. The smallest absolute Gasteiger partial charge is 0.228 e. The van der Waals surface area contributed by atoms with Crippen molar-refractivity contribution in [2.75, 3.05) is 39.3 Å². The normalized spacial score (nSPS) is 19.2. The molecule has 0 aromatic heterocycles. The Labute approximate surface area is 105 Å². The van der Waals surface area contributed by atoms with Crippen LogP contribution in [-0.4, -0.2) is 60.1 Å². The molecule has 0 aromatic carbocycles. The molecule has 4 nitrogen and oxygen atoms in total. The van der Waals surface area contributed by atoms with E-state index >= 15 is 0 Å². The molecule has 0 aliphatic carbocycles. The van der Waals surface area contributed by atoms with Gasteiger partial charge >= 0.3 is 0 Å². The Morgan fingerprint density at radius 3 is 2.53 bits per heavy atom. The van der Waals surface area contributed by atoms with Gasteiger partial charge in [0.05, 0.1) is 6.61 Å². The molecule has 1 rings (SSSR count). The summed E-state index contributed by atoms with van der Waals surface area (Å²) in [6.07, 6.45) is 1.88. The van der Waals surface area contributed by atoms with Crippen molar-refractivity contribution < 1.29 is 9.90 Å². The predicted octanol–water partition coefficient (Wildman–Crippen LogP) is 0.949. The monoisotopic (exact) mass is 242 g/mol. The highest BCUT2D eigenvalue weighted by Gasteiger charge is 2.30. The number of hydrogen-bond donors (Lipinski definition) is 1. The van der Waals surface area contributed by atoms with Crippen molar-refractivity contribution in [2.24, 2.45) is 5.41 Å². The molecule has 1 saturated heterocycles. The van der Waals surface area contributed by atoms with Gasteiger partial charge in [-0.25, -0.2) is 0 Å². The molecule has 0 radical (unpaired) electrons. The van der Waals surface area contributed by atoms with Crippen molar-refractivity contribution in [2.45, 2.75) is 33.6 Å². The summed E-state index contributed by atoms with van der Waals surface area (Å²) in [4.78, 5) is 16.5. The highest BCUT2D eigenvalue weighted by molar-refractivity contribution is 5.81. The number of rotatable bonds is 4. The lowest BCUT2D eigenvalue weighted by Crippen LogP contribution is -2.42. The van der Waals surface area contributed by atoms with Crippen molar-refractivity contribution in [3.8, 4) is 0 Å². The van der Waals surface area contributed by atoms with Gasteiger partial charge in [0.15, 0.2) is 0 Å². The molecule has 0 bridgehead atoms. The summed E-state index contributed by atoms with van der Waals surface area (Å²) < 4.78 is 0. The largest absolute Gasteiger partial charge is 0.395 e. The Hall–Kier alpha value is -0.610. The van der Waals surface area contributed by atoms with Crippen LogP contribution >= 0.6 is 0 Å². The van der Waals surface area contributed by atoms with Gasteiger partial charge in [0, 0.05) is 31.6 Å². The van der Waals surface area contributed by atoms with E-state index in [1.54, 1.807) is 0 Å². The summed E-state index contributed by atoms with van der Waals surface area (Å²) in [5, 5.41) is 8.93. The minimum Gasteiger partial charge on any atom is -0.395 e. The van der Waals surface area contributed by atoms with E-state index in [4.69, 9.17) is 5.11 Å². The zero-order valence-electron chi connectivity index (χ0n) is 11.4. The maximum Gasteiger partial charge on any atom is 0.228 e. The van der Waals surface area contributed by atoms with Gasteiger partial charge in [0.2, 0.25) is 5.91 Å². The third-order valence-electron chi connectivity index (χ3n) is 3.75. The van der Waals surface area contributed by atoms with E-state index < -0.39 is 0 Å². The number of amides is 1. The van der Waals surface area contributed by atoms with Gasteiger partial charge in [-0.05, 0) is 19.4 Å². The summed E-state index contributed by atoms with van der Waals surface area (Å²) in [7, 11) is 0. The zero-order valence-corrected chi connectivity index (χ0v) is 11.4. The van der Waals surface area contributed by atoms with Crippen molar-refractivity contribution in [1.82, 2.24) is 9.80 Å². The third kappa shape index (κ3) is 3.96. The summed E-state index contributed by atoms with van der Waals surface area (Å²) >= 11 is 0. The fraction of sp³-hybridized carbons (Fsp3) is 0.923. The van der Waals surface area contributed by atoms with Crippen molar-refractivity contribution in [3.63, 3.8) is 0 Å². The van der Waals surface area contributed by atoms with Crippen LogP contribution in [0.25, 0.3) is 0 Å². The molecule has 0 spiro atoms. The number of aliphatic hydroxyl groups excluding tert-OH is 1. The van der Waals surface area contributed by atoms with E-state index in [9.17, 15) is 4.79 Å². The Morgan fingerprint density at radius 2 is 1.94 bits per heavy atom. The molecular weight excluding hydrogens is 216 g/mol. The fourth-order valence-electron chi connectivity index (χ4n) is 2.12. The second-order valence-electron chi connectivity index (χ2n) is 5.45. The molecule has 17 heavy (non-hydrogen) atoms. The van der Waals surface area contributed by atoms with E-state index in [0.717, 1.165) is 45.6 Å². The number of hydrogen-bond acceptors (Lipinski definition) is 3. The van der Waals surface area contributed by atoms with Crippen LogP contribution in [0.4, 0.5) is 0 Å². The quantitative estimate of drug-likeness (QED) is 0.798. The summed E-state index contributed by atoms with van der Waals surface area (Å²) in [6.45, 7) is 10.5. The standard InChI is InChI=1S/C13H26N2O2/c1-4-13(2,3)12(17)15-7-5-6-14(8-9-15)10-11-16/h16H,4-11H2,1-3H3. The molecule has 1 aliphatic rings. The summed E-state index contributed by atoms with van der Waals surface area (Å²) in [5.74, 6) is 0.269. The molecule has 1 amide bonds. The van der Waals surface area contributed by atoms with Crippen molar-refractivity contribution >= 4 is 5.91 Å². The molecule has 1 N–H and O–H groups in total. The van der Waals surface area contributed by atoms with E-state index in [-0.39, 0.29) is 17.9 Å². The Bertz CT molecular complexity index is 254. The van der Waals surface area contributed by atoms with Gasteiger partial charge in [0.25, 0.3) is 0 Å². The topological polar surface area (TPSA) is 43.8 Å². The molecule has 100 valence electrons. The van der Waals surface area contributed by atoms with Crippen molar-refractivity contribution in [1.29, 1.82) is 0 Å². The van der Waals surface area contributed by atoms with Gasteiger partial charge in [-0.2, -0.15) is 0 Å². The molecule has 0 unspecified atom stereocenters. The highest BCUT2D eigenvalue weighted by atomic mass is 16.3. The zero-order chi connectivity index (χ0) is 12.9. The lowest BCUT2D eigenvalue weighted by atomic mass is 9.88. The minimum absolute atomic E-state index is 0.203. The first-order chi connectivity index (χ1) is 8.01. The Morgan fingerprint density at radius 1 is 1.24 bits per heavy atom. The van der Waals surface area contributed by atoms with Crippen LogP contribution in [-0.2, 0) is 4.79 Å². The first-order valence-corrected chi connectivity index (χ1v) is 6.64. The van der Waals surface area contributed by atoms with Gasteiger partial charge in [0.1, 0.15) is 0 Å². The lowest BCUT2D eigenvalue weighted by molar-refractivity contribution is -0.140. The first-order valence-electron chi connectivity index (χ1n) is 6.64. The maximum absolute atomic E-state index is 12.3. The number of nitrogens with zero attached hydrogens (tertiary/aromatic N) is 2. The highest BCUT2D eigenvalue weighted by Crippen LogP contribution is 2.23. The van der Waals surface area contributed by atoms with E-state index in [1.165, 1.54) is 0 Å². The second-order valence-corrected chi connectivity index (χ2v) is 5.45. The van der Waals surface area contributed by atoms with Gasteiger partial charge in [-0.1, -0.05) is 20.8 Å². The molecule has 0 saturated carbocycles. The fourth-order valence-corrected chi connectivity index (χ4v) is 2.12. The van der Waals surface area contributed by atoms with Crippen LogP contribution in [0.5, 0.6) is 0 Å². The Kier molecular flexibility index (Phi) is 5.40. The molecule has 1 heterocycles. The molecule has 1 fully saturated rings. The molecule has 4 heteroatoms. The predicted molar refractivity (Wildman–Crippen MR) is 68.8 cm³/mol. The van der Waals surface area contributed by atoms with Crippen LogP contribution in [0.1, 0.15) is 33.6 Å². The first kappa shape index (κ1) is 14.5. The summed E-state index contributed by atoms with van der Waals surface area (Å²) in [5.41, 5.74) is -0.244. The number of aliphatic hydroxyl groups is 1. The third-order valence-corrected chi connectivity index (χ3v) is 3.75. The van der Waals surface area contributed by atoms with Crippen LogP contribution < -0.4 is 0 Å². The lowest BCUT2D eigenvalue weighted by Gasteiger charge is -2.30. The van der Waals surface area contributed by atoms with Crippen LogP contribution in [0, 0.1) is 5.41 Å². The van der Waals surface area contributed by atoms with E-state index in [2.05, 4.69) is 11.8 Å².